The Morgan fingerprint density at radius 3 is 1.14 bits per heavy atom. The Morgan fingerprint density at radius 1 is 0.636 bits per heavy atom. The second-order valence-corrected chi connectivity index (χ2v) is 5.17. The van der Waals surface area contributed by atoms with Gasteiger partial charge in [-0.2, -0.15) is 35.1 Å². The minimum absolute atomic E-state index is 0.125. The summed E-state index contributed by atoms with van der Waals surface area (Å²) in [6.45, 7) is 3.04. The molecule has 2 rings (SSSR count). The summed E-state index contributed by atoms with van der Waals surface area (Å²) in [5.74, 6) is -23.1. The van der Waals surface area contributed by atoms with Gasteiger partial charge in [-0.05, 0) is 36.1 Å². The van der Waals surface area contributed by atoms with E-state index in [1.165, 1.54) is 13.8 Å². The number of hydrogen-bond acceptors (Lipinski definition) is 0. The number of aryl methyl sites for hydroxylation is 2. The van der Waals surface area contributed by atoms with Gasteiger partial charge in [-0.25, -0.2) is 0 Å². The van der Waals surface area contributed by atoms with E-state index in [9.17, 15) is 35.1 Å². The molecule has 0 saturated carbocycles. The van der Waals surface area contributed by atoms with Gasteiger partial charge in [0.15, 0.2) is 0 Å². The van der Waals surface area contributed by atoms with Crippen molar-refractivity contribution < 1.29 is 35.1 Å². The zero-order chi connectivity index (χ0) is 17.1. The molecule has 0 spiro atoms. The van der Waals surface area contributed by atoms with Gasteiger partial charge in [0.2, 0.25) is 0 Å². The first-order chi connectivity index (χ1) is 9.86. The predicted octanol–water partition coefficient (Wildman–Crippen LogP) is 5.28. The highest BCUT2D eigenvalue weighted by molar-refractivity contribution is 5.48. The van der Waals surface area contributed by atoms with E-state index in [-0.39, 0.29) is 24.0 Å². The average molecular weight is 332 g/mol. The van der Waals surface area contributed by atoms with Crippen LogP contribution in [0.3, 0.4) is 0 Å². The first-order valence-corrected chi connectivity index (χ1v) is 6.54. The Balaban J connectivity index is 2.90. The van der Waals surface area contributed by atoms with Crippen molar-refractivity contribution in [2.45, 2.75) is 50.4 Å². The van der Waals surface area contributed by atoms with E-state index < -0.39 is 34.8 Å². The first kappa shape index (κ1) is 17.0. The van der Waals surface area contributed by atoms with Crippen LogP contribution in [0.1, 0.15) is 36.1 Å². The maximum Gasteiger partial charge on any atom is 0.382 e. The smallest absolute Gasteiger partial charge is 0.194 e. The topological polar surface area (TPSA) is 0 Å². The SMILES string of the molecule is CCc1cc2c(cc1CC)C(F)(F)C(F)(F)C(F)(F)C2(F)F. The lowest BCUT2D eigenvalue weighted by Gasteiger charge is -2.43. The number of alkyl halides is 8. The van der Waals surface area contributed by atoms with Crippen molar-refractivity contribution in [3.8, 4) is 0 Å². The molecule has 0 bridgehead atoms. The quantitative estimate of drug-likeness (QED) is 0.647. The number of benzene rings is 1. The van der Waals surface area contributed by atoms with Gasteiger partial charge in [-0.1, -0.05) is 13.8 Å². The summed E-state index contributed by atoms with van der Waals surface area (Å²) in [7, 11) is 0. The molecular weight excluding hydrogens is 320 g/mol. The van der Waals surface area contributed by atoms with Crippen molar-refractivity contribution in [1.82, 2.24) is 0 Å². The van der Waals surface area contributed by atoms with Crippen molar-refractivity contribution in [1.29, 1.82) is 0 Å². The fraction of sp³-hybridized carbons (Fsp3) is 0.571. The Kier molecular flexibility index (Phi) is 3.54. The molecule has 124 valence electrons. The highest BCUT2D eigenvalue weighted by Crippen LogP contribution is 2.64. The molecule has 0 N–H and O–H groups in total. The number of hydrogen-bond donors (Lipinski definition) is 0. The molecule has 1 aliphatic carbocycles. The van der Waals surface area contributed by atoms with Crippen LogP contribution >= 0.6 is 0 Å². The van der Waals surface area contributed by atoms with Crippen LogP contribution in [0.4, 0.5) is 35.1 Å². The monoisotopic (exact) mass is 332 g/mol. The molecule has 0 fully saturated rings. The molecule has 0 aromatic heterocycles. The summed E-state index contributed by atoms with van der Waals surface area (Å²) in [5, 5.41) is 0. The van der Waals surface area contributed by atoms with Gasteiger partial charge in [0.1, 0.15) is 0 Å². The molecule has 22 heavy (non-hydrogen) atoms. The zero-order valence-corrected chi connectivity index (χ0v) is 11.6. The molecular formula is C14H12F8. The maximum atomic E-state index is 13.8. The fourth-order valence-corrected chi connectivity index (χ4v) is 2.60. The van der Waals surface area contributed by atoms with E-state index in [2.05, 4.69) is 0 Å². The second-order valence-electron chi connectivity index (χ2n) is 5.17. The van der Waals surface area contributed by atoms with E-state index in [0.717, 1.165) is 0 Å². The van der Waals surface area contributed by atoms with Crippen LogP contribution in [-0.4, -0.2) is 11.8 Å². The van der Waals surface area contributed by atoms with Gasteiger partial charge in [0, 0.05) is 11.1 Å². The van der Waals surface area contributed by atoms with Gasteiger partial charge >= 0.3 is 23.7 Å². The molecule has 0 unspecified atom stereocenters. The molecule has 0 aliphatic heterocycles. The molecule has 0 heterocycles. The van der Waals surface area contributed by atoms with Crippen molar-refractivity contribution in [2.24, 2.45) is 0 Å². The third-order valence-corrected chi connectivity index (χ3v) is 3.96. The third-order valence-electron chi connectivity index (χ3n) is 3.96. The first-order valence-electron chi connectivity index (χ1n) is 6.54. The van der Waals surface area contributed by atoms with E-state index in [1.54, 1.807) is 0 Å². The molecule has 0 amide bonds. The summed E-state index contributed by atoms with van der Waals surface area (Å²) in [6.07, 6.45) is 0.250. The highest BCUT2D eigenvalue weighted by atomic mass is 19.4. The maximum absolute atomic E-state index is 13.8. The predicted molar refractivity (Wildman–Crippen MR) is 62.9 cm³/mol. The van der Waals surface area contributed by atoms with Crippen LogP contribution < -0.4 is 0 Å². The molecule has 1 aliphatic rings. The molecule has 8 heteroatoms. The van der Waals surface area contributed by atoms with Gasteiger partial charge in [-0.15, -0.1) is 0 Å². The van der Waals surface area contributed by atoms with Crippen molar-refractivity contribution in [2.75, 3.05) is 0 Å². The van der Waals surface area contributed by atoms with Crippen LogP contribution in [0.15, 0.2) is 12.1 Å². The molecule has 0 saturated heterocycles. The number of halogens is 8. The third kappa shape index (κ3) is 1.75. The van der Waals surface area contributed by atoms with Gasteiger partial charge in [0.25, 0.3) is 0 Å². The molecule has 0 radical (unpaired) electrons. The minimum atomic E-state index is -6.19. The molecule has 1 aromatic rings. The summed E-state index contributed by atoms with van der Waals surface area (Å²) >= 11 is 0. The summed E-state index contributed by atoms with van der Waals surface area (Å²) in [5.41, 5.74) is -3.17. The van der Waals surface area contributed by atoms with Crippen LogP contribution in [0, 0.1) is 0 Å². The molecule has 0 nitrogen and oxygen atoms in total. The Bertz CT molecular complexity index is 550. The zero-order valence-electron chi connectivity index (χ0n) is 11.6. The fourth-order valence-electron chi connectivity index (χ4n) is 2.60. The Labute approximate surface area is 121 Å². The molecule has 0 atom stereocenters. The summed E-state index contributed by atoms with van der Waals surface area (Å²) in [6, 6.07) is 0.983. The number of rotatable bonds is 2. The van der Waals surface area contributed by atoms with Crippen molar-refractivity contribution in [3.05, 3.63) is 34.4 Å². The normalized spacial score (nSPS) is 23.9. The standard InChI is InChI=1S/C14H12F8/c1-3-7-5-9-10(6-8(7)4-2)12(17,18)14(21,22)13(19,20)11(9,15)16/h5-6H,3-4H2,1-2H3. The summed E-state index contributed by atoms with van der Waals surface area (Å²) < 4.78 is 109. The van der Waals surface area contributed by atoms with Crippen molar-refractivity contribution in [3.63, 3.8) is 0 Å². The van der Waals surface area contributed by atoms with E-state index in [4.69, 9.17) is 0 Å². The van der Waals surface area contributed by atoms with E-state index in [1.807, 2.05) is 0 Å². The second kappa shape index (κ2) is 4.58. The Hall–Kier alpha value is -1.34. The van der Waals surface area contributed by atoms with E-state index in [0.29, 0.717) is 12.1 Å². The lowest BCUT2D eigenvalue weighted by atomic mass is 9.78. The van der Waals surface area contributed by atoms with Crippen LogP contribution in [-0.2, 0) is 24.7 Å². The molecule has 1 aromatic carbocycles. The Morgan fingerprint density at radius 2 is 0.909 bits per heavy atom. The summed E-state index contributed by atoms with van der Waals surface area (Å²) in [4.78, 5) is 0. The number of fused-ring (bicyclic) bond motifs is 1. The van der Waals surface area contributed by atoms with Crippen molar-refractivity contribution >= 4 is 0 Å². The van der Waals surface area contributed by atoms with Gasteiger partial charge in [-0.3, -0.25) is 0 Å². The van der Waals surface area contributed by atoms with Crippen LogP contribution in [0.5, 0.6) is 0 Å². The minimum Gasteiger partial charge on any atom is -0.194 e. The van der Waals surface area contributed by atoms with Crippen LogP contribution in [0.2, 0.25) is 0 Å². The largest absolute Gasteiger partial charge is 0.382 e. The van der Waals surface area contributed by atoms with Crippen LogP contribution in [0.25, 0.3) is 0 Å². The lowest BCUT2D eigenvalue weighted by Crippen LogP contribution is -2.63. The lowest BCUT2D eigenvalue weighted by molar-refractivity contribution is -0.386. The van der Waals surface area contributed by atoms with Gasteiger partial charge < -0.3 is 0 Å². The highest BCUT2D eigenvalue weighted by Gasteiger charge is 2.85. The average Bonchev–Trinajstić information content (AvgIpc) is 2.43. The van der Waals surface area contributed by atoms with Gasteiger partial charge in [0.05, 0.1) is 0 Å². The van der Waals surface area contributed by atoms with E-state index >= 15 is 0 Å².